The lowest BCUT2D eigenvalue weighted by Crippen LogP contribution is -2.38. The first-order valence-electron chi connectivity index (χ1n) is 3.18. The molecule has 0 aliphatic carbocycles. The average molecular weight is 260 g/mol. The molecule has 0 saturated carbocycles. The van der Waals surface area contributed by atoms with Crippen molar-refractivity contribution in [1.29, 1.82) is 0 Å². The van der Waals surface area contributed by atoms with Gasteiger partial charge in [0, 0.05) is 0 Å². The molecule has 1 fully saturated rings. The third-order valence-corrected chi connectivity index (χ3v) is 1.85. The number of hydrogen-bond acceptors (Lipinski definition) is 4. The van der Waals surface area contributed by atoms with Gasteiger partial charge in [0.15, 0.2) is 0 Å². The summed E-state index contributed by atoms with van der Waals surface area (Å²) in [6, 6.07) is 0. The van der Waals surface area contributed by atoms with Crippen molar-refractivity contribution >= 4 is 10.5 Å². The number of halogens is 6. The van der Waals surface area contributed by atoms with E-state index >= 15 is 0 Å². The Morgan fingerprint density at radius 2 is 1.60 bits per heavy atom. The van der Waals surface area contributed by atoms with Gasteiger partial charge in [-0.25, -0.2) is 8.57 Å². The predicted molar refractivity (Wildman–Crippen MR) is 30.8 cm³/mol. The van der Waals surface area contributed by atoms with Gasteiger partial charge in [0.05, 0.1) is 0 Å². The molecule has 1 rings (SSSR count). The highest BCUT2D eigenvalue weighted by Gasteiger charge is 2.70. The lowest BCUT2D eigenvalue weighted by molar-refractivity contribution is -0.343. The molecule has 0 aromatic carbocycles. The third kappa shape index (κ3) is 2.52. The summed E-state index contributed by atoms with van der Waals surface area (Å²) >= 11 is 0. The quantitative estimate of drug-likeness (QED) is 0.552. The maximum Gasteiger partial charge on any atom is 0.438 e. The SMILES string of the molecule is O=S(=O)(F)O[C@@H]1[C@H](F)C(F)(F)OC1(F)F. The summed E-state index contributed by atoms with van der Waals surface area (Å²) in [7, 11) is -6.00. The largest absolute Gasteiger partial charge is 0.438 e. The van der Waals surface area contributed by atoms with E-state index in [1.807, 2.05) is 0 Å². The fourth-order valence-corrected chi connectivity index (χ4v) is 1.33. The maximum atomic E-state index is 12.5. The van der Waals surface area contributed by atoms with Gasteiger partial charge >= 0.3 is 22.7 Å². The summed E-state index contributed by atoms with van der Waals surface area (Å²) in [6.45, 7) is 0. The molecule has 90 valence electrons. The van der Waals surface area contributed by atoms with Gasteiger partial charge in [-0.2, -0.15) is 26.0 Å². The van der Waals surface area contributed by atoms with E-state index in [1.165, 1.54) is 0 Å². The molecule has 0 bridgehead atoms. The van der Waals surface area contributed by atoms with Crippen molar-refractivity contribution in [2.24, 2.45) is 0 Å². The van der Waals surface area contributed by atoms with Crippen LogP contribution in [-0.4, -0.2) is 32.9 Å². The number of ether oxygens (including phenoxy) is 1. The van der Waals surface area contributed by atoms with E-state index in [4.69, 9.17) is 0 Å². The van der Waals surface area contributed by atoms with E-state index in [-0.39, 0.29) is 0 Å². The van der Waals surface area contributed by atoms with Crippen LogP contribution in [0, 0.1) is 0 Å². The summed E-state index contributed by atoms with van der Waals surface area (Å²) in [5.41, 5.74) is 0. The van der Waals surface area contributed by atoms with Gasteiger partial charge in [-0.15, -0.1) is 0 Å². The highest BCUT2D eigenvalue weighted by molar-refractivity contribution is 7.81. The molecule has 0 aromatic rings. The van der Waals surface area contributed by atoms with Crippen LogP contribution < -0.4 is 0 Å². The average Bonchev–Trinajstić information content (AvgIpc) is 2.06. The molecular formula is C4H2F6O4S. The molecule has 0 aromatic heterocycles. The van der Waals surface area contributed by atoms with Gasteiger partial charge < -0.3 is 0 Å². The Bertz CT molecular complexity index is 352. The van der Waals surface area contributed by atoms with Crippen LogP contribution in [0.15, 0.2) is 0 Å². The maximum absolute atomic E-state index is 12.5. The van der Waals surface area contributed by atoms with Gasteiger partial charge in [0.1, 0.15) is 0 Å². The molecule has 0 spiro atoms. The first-order valence-corrected chi connectivity index (χ1v) is 4.49. The van der Waals surface area contributed by atoms with Crippen LogP contribution >= 0.6 is 0 Å². The van der Waals surface area contributed by atoms with E-state index in [2.05, 4.69) is 8.92 Å². The number of alkyl halides is 5. The lowest BCUT2D eigenvalue weighted by Gasteiger charge is -2.14. The summed E-state index contributed by atoms with van der Waals surface area (Å²) in [4.78, 5) is 0. The van der Waals surface area contributed by atoms with Crippen molar-refractivity contribution in [3.8, 4) is 0 Å². The van der Waals surface area contributed by atoms with Crippen molar-refractivity contribution in [3.05, 3.63) is 0 Å². The molecular weight excluding hydrogens is 258 g/mol. The molecule has 1 aliphatic heterocycles. The molecule has 4 nitrogen and oxygen atoms in total. The van der Waals surface area contributed by atoms with E-state index in [0.29, 0.717) is 0 Å². The standard InChI is InChI=1S/C4H2F6O4S/c5-1-2(13-15(10,11)12)4(8,9)14-3(1,6)7/h1-2H/t1-,2+/m0/s1. The molecule has 0 amide bonds. The fourth-order valence-electron chi connectivity index (χ4n) is 0.871. The Kier molecular flexibility index (Phi) is 2.69. The molecule has 0 unspecified atom stereocenters. The monoisotopic (exact) mass is 260 g/mol. The highest BCUT2D eigenvalue weighted by atomic mass is 32.3. The topological polar surface area (TPSA) is 52.6 Å². The minimum atomic E-state index is -6.00. The van der Waals surface area contributed by atoms with Crippen LogP contribution in [0.25, 0.3) is 0 Å². The first-order chi connectivity index (χ1) is 6.46. The molecule has 0 N–H and O–H groups in total. The minimum absolute atomic E-state index is 2.61. The van der Waals surface area contributed by atoms with Crippen molar-refractivity contribution in [1.82, 2.24) is 0 Å². The van der Waals surface area contributed by atoms with Crippen molar-refractivity contribution in [2.45, 2.75) is 24.5 Å². The molecule has 2 atom stereocenters. The van der Waals surface area contributed by atoms with E-state index in [9.17, 15) is 34.3 Å². The number of hydrogen-bond donors (Lipinski definition) is 0. The second-order valence-corrected chi connectivity index (χ2v) is 3.52. The van der Waals surface area contributed by atoms with Gasteiger partial charge in [0.2, 0.25) is 12.3 Å². The zero-order valence-corrected chi connectivity index (χ0v) is 7.28. The lowest BCUT2D eigenvalue weighted by atomic mass is 10.2. The Hall–Kier alpha value is -0.550. The van der Waals surface area contributed by atoms with Crippen LogP contribution in [-0.2, 0) is 19.4 Å². The Labute approximate surface area is 79.2 Å². The van der Waals surface area contributed by atoms with Gasteiger partial charge in [-0.05, 0) is 0 Å². The van der Waals surface area contributed by atoms with Crippen molar-refractivity contribution in [3.63, 3.8) is 0 Å². The normalized spacial score (nSPS) is 34.3. The fraction of sp³-hybridized carbons (Fsp3) is 1.00. The van der Waals surface area contributed by atoms with Crippen molar-refractivity contribution in [2.75, 3.05) is 0 Å². The smallest absolute Gasteiger partial charge is 0.251 e. The van der Waals surface area contributed by atoms with Gasteiger partial charge in [-0.3, -0.25) is 4.74 Å². The van der Waals surface area contributed by atoms with Crippen LogP contribution in [0.3, 0.4) is 0 Å². The van der Waals surface area contributed by atoms with Crippen LogP contribution in [0.2, 0.25) is 0 Å². The Morgan fingerprint density at radius 3 is 1.87 bits per heavy atom. The Balaban J connectivity index is 2.98. The van der Waals surface area contributed by atoms with E-state index < -0.39 is 35.0 Å². The molecule has 1 saturated heterocycles. The zero-order valence-electron chi connectivity index (χ0n) is 6.46. The molecule has 1 aliphatic rings. The predicted octanol–water partition coefficient (Wildman–Crippen LogP) is 1.14. The molecule has 11 heteroatoms. The third-order valence-electron chi connectivity index (χ3n) is 1.41. The Morgan fingerprint density at radius 1 is 1.13 bits per heavy atom. The minimum Gasteiger partial charge on any atom is -0.251 e. The van der Waals surface area contributed by atoms with E-state index in [0.717, 1.165) is 0 Å². The molecule has 1 heterocycles. The van der Waals surface area contributed by atoms with Crippen molar-refractivity contribution < 1.29 is 43.2 Å². The van der Waals surface area contributed by atoms with Gasteiger partial charge in [-0.1, -0.05) is 3.89 Å². The summed E-state index contributed by atoms with van der Waals surface area (Å²) in [5.74, 6) is 0. The summed E-state index contributed by atoms with van der Waals surface area (Å²) in [5, 5.41) is 0. The zero-order chi connectivity index (χ0) is 12.1. The number of rotatable bonds is 2. The summed E-state index contributed by atoms with van der Waals surface area (Å²) < 4.78 is 98.3. The molecule has 0 radical (unpaired) electrons. The highest BCUT2D eigenvalue weighted by Crippen LogP contribution is 2.46. The molecule has 15 heavy (non-hydrogen) atoms. The van der Waals surface area contributed by atoms with E-state index in [1.54, 1.807) is 0 Å². The first kappa shape index (κ1) is 12.5. The van der Waals surface area contributed by atoms with Crippen LogP contribution in [0.5, 0.6) is 0 Å². The van der Waals surface area contributed by atoms with Crippen LogP contribution in [0.4, 0.5) is 25.8 Å². The second-order valence-electron chi connectivity index (χ2n) is 2.54. The van der Waals surface area contributed by atoms with Gasteiger partial charge in [0.25, 0.3) is 0 Å². The summed E-state index contributed by atoms with van der Waals surface area (Å²) in [6.07, 6.45) is -17.2. The van der Waals surface area contributed by atoms with Crippen LogP contribution in [0.1, 0.15) is 0 Å². The second kappa shape index (κ2) is 3.22.